The second-order valence-electron chi connectivity index (χ2n) is 5.74. The van der Waals surface area contributed by atoms with Gasteiger partial charge in [-0.25, -0.2) is 0 Å². The number of hydrogen-bond acceptors (Lipinski definition) is 4. The lowest BCUT2D eigenvalue weighted by Crippen LogP contribution is -2.27. The number of fused-ring (bicyclic) bond motifs is 1. The van der Waals surface area contributed by atoms with Gasteiger partial charge in [0.15, 0.2) is 0 Å². The van der Waals surface area contributed by atoms with Gasteiger partial charge in [0.05, 0.1) is 23.6 Å². The Hall–Kier alpha value is -2.30. The van der Waals surface area contributed by atoms with Crippen LogP contribution in [0, 0.1) is 0 Å². The summed E-state index contributed by atoms with van der Waals surface area (Å²) < 4.78 is 0. The molecule has 1 heterocycles. The first-order valence-electron chi connectivity index (χ1n) is 8.41. The van der Waals surface area contributed by atoms with Crippen LogP contribution in [0.5, 0.6) is 0 Å². The summed E-state index contributed by atoms with van der Waals surface area (Å²) in [6.07, 6.45) is 3.56. The average molecular weight is 387 g/mol. The molecule has 3 aromatic rings. The van der Waals surface area contributed by atoms with Crippen LogP contribution in [0.3, 0.4) is 0 Å². The summed E-state index contributed by atoms with van der Waals surface area (Å²) in [6, 6.07) is 18.2. The van der Waals surface area contributed by atoms with E-state index in [2.05, 4.69) is 32.5 Å². The van der Waals surface area contributed by atoms with Crippen LogP contribution in [0.25, 0.3) is 10.9 Å². The van der Waals surface area contributed by atoms with Crippen molar-refractivity contribution in [2.75, 3.05) is 35.2 Å². The van der Waals surface area contributed by atoms with E-state index in [0.717, 1.165) is 40.9 Å². The van der Waals surface area contributed by atoms with E-state index < -0.39 is 0 Å². The molecule has 0 spiro atoms. The lowest BCUT2D eigenvalue weighted by atomic mass is 10.2. The zero-order valence-electron chi connectivity index (χ0n) is 14.3. The molecule has 4 nitrogen and oxygen atoms in total. The quantitative estimate of drug-likeness (QED) is 0.337. The fraction of sp³-hybridized carbons (Fsp3) is 0.200. The van der Waals surface area contributed by atoms with Crippen LogP contribution in [0.15, 0.2) is 65.9 Å². The minimum absolute atomic E-state index is 0.573. The molecule has 134 valence electrons. The topological polar surface area (TPSA) is 40.5 Å². The van der Waals surface area contributed by atoms with Crippen molar-refractivity contribution in [3.63, 3.8) is 0 Å². The van der Waals surface area contributed by atoms with Gasteiger partial charge in [-0.2, -0.15) is 5.10 Å². The lowest BCUT2D eigenvalue weighted by molar-refractivity contribution is 0.874. The maximum Gasteiger partial charge on any atom is 0.0751 e. The zero-order chi connectivity index (χ0) is 18.2. The fourth-order valence-corrected chi connectivity index (χ4v) is 3.07. The number of halogens is 2. The Bertz CT molecular complexity index is 859. The highest BCUT2D eigenvalue weighted by atomic mass is 35.5. The molecule has 0 unspecified atom stereocenters. The molecule has 0 saturated heterocycles. The van der Waals surface area contributed by atoms with Crippen LogP contribution in [0.1, 0.15) is 5.56 Å². The zero-order valence-corrected chi connectivity index (χ0v) is 15.8. The Kier molecular flexibility index (Phi) is 6.69. The minimum atomic E-state index is 0.573. The molecule has 6 heteroatoms. The molecular weight excluding hydrogens is 367 g/mol. The summed E-state index contributed by atoms with van der Waals surface area (Å²) >= 11 is 11.7. The standard InChI is InChI=1S/C20H20Cl2N4/c21-9-11-26(12-10-22)19-7-5-16(6-8-19)14-24-25-18-13-17-3-1-2-4-20(17)23-15-18/h1-8,13-15,25H,9-12H2/b24-14+. The number of rotatable bonds is 8. The van der Waals surface area contributed by atoms with E-state index in [9.17, 15) is 0 Å². The molecule has 0 amide bonds. The summed E-state index contributed by atoms with van der Waals surface area (Å²) in [6.45, 7) is 1.55. The number of benzene rings is 2. The molecule has 0 atom stereocenters. The van der Waals surface area contributed by atoms with Crippen molar-refractivity contribution in [2.45, 2.75) is 0 Å². The van der Waals surface area contributed by atoms with Crippen LogP contribution >= 0.6 is 23.2 Å². The van der Waals surface area contributed by atoms with Gasteiger partial charge in [0.2, 0.25) is 0 Å². The van der Waals surface area contributed by atoms with E-state index in [1.54, 1.807) is 12.4 Å². The van der Waals surface area contributed by atoms with E-state index in [4.69, 9.17) is 23.2 Å². The number of nitrogens with one attached hydrogen (secondary N) is 1. The molecule has 0 aliphatic carbocycles. The van der Waals surface area contributed by atoms with E-state index in [1.165, 1.54) is 0 Å². The predicted octanol–water partition coefficient (Wildman–Crippen LogP) is 4.96. The summed E-state index contributed by atoms with van der Waals surface area (Å²) in [5.74, 6) is 1.15. The first kappa shape index (κ1) is 18.5. The Labute approximate surface area is 163 Å². The molecule has 0 aliphatic rings. The Morgan fingerprint density at radius 1 is 1.00 bits per heavy atom. The van der Waals surface area contributed by atoms with E-state index >= 15 is 0 Å². The first-order valence-corrected chi connectivity index (χ1v) is 9.48. The van der Waals surface area contributed by atoms with Gasteiger partial charge in [-0.1, -0.05) is 30.3 Å². The number of alkyl halides is 2. The Balaban J connectivity index is 1.64. The number of pyridine rings is 1. The second-order valence-corrected chi connectivity index (χ2v) is 6.50. The molecule has 26 heavy (non-hydrogen) atoms. The van der Waals surface area contributed by atoms with E-state index in [-0.39, 0.29) is 0 Å². The Morgan fingerprint density at radius 3 is 2.46 bits per heavy atom. The first-order chi connectivity index (χ1) is 12.8. The molecule has 3 rings (SSSR count). The maximum absolute atomic E-state index is 5.86. The van der Waals surface area contributed by atoms with Gasteiger partial charge in [0.1, 0.15) is 0 Å². The molecule has 0 fully saturated rings. The van der Waals surface area contributed by atoms with Gasteiger partial charge in [-0.3, -0.25) is 10.4 Å². The van der Waals surface area contributed by atoms with Crippen molar-refractivity contribution >= 4 is 51.7 Å². The summed E-state index contributed by atoms with van der Waals surface area (Å²) in [7, 11) is 0. The predicted molar refractivity (Wildman–Crippen MR) is 113 cm³/mol. The van der Waals surface area contributed by atoms with Crippen molar-refractivity contribution in [3.05, 3.63) is 66.4 Å². The molecule has 0 aliphatic heterocycles. The second kappa shape index (κ2) is 9.41. The number of aromatic nitrogens is 1. The molecular formula is C20H20Cl2N4. The number of para-hydroxylation sites is 1. The monoisotopic (exact) mass is 386 g/mol. The smallest absolute Gasteiger partial charge is 0.0751 e. The molecule has 1 N–H and O–H groups in total. The summed E-state index contributed by atoms with van der Waals surface area (Å²) in [5.41, 5.74) is 6.96. The molecule has 1 aromatic heterocycles. The molecule has 0 saturated carbocycles. The normalized spacial score (nSPS) is 11.2. The van der Waals surface area contributed by atoms with E-state index in [1.807, 2.05) is 42.5 Å². The third kappa shape index (κ3) is 4.87. The van der Waals surface area contributed by atoms with Crippen LogP contribution in [-0.4, -0.2) is 36.0 Å². The van der Waals surface area contributed by atoms with Crippen molar-refractivity contribution < 1.29 is 0 Å². The van der Waals surface area contributed by atoms with Gasteiger partial charge < -0.3 is 4.90 Å². The van der Waals surface area contributed by atoms with Crippen LogP contribution in [0.2, 0.25) is 0 Å². The third-order valence-corrected chi connectivity index (χ3v) is 4.30. The van der Waals surface area contributed by atoms with Crippen molar-refractivity contribution in [3.8, 4) is 0 Å². The van der Waals surface area contributed by atoms with Gasteiger partial charge in [0, 0.05) is 35.9 Å². The molecule has 0 radical (unpaired) electrons. The van der Waals surface area contributed by atoms with Gasteiger partial charge in [-0.05, 0) is 29.8 Å². The Morgan fingerprint density at radius 2 is 1.73 bits per heavy atom. The van der Waals surface area contributed by atoms with Gasteiger partial charge in [0.25, 0.3) is 0 Å². The fourth-order valence-electron chi connectivity index (χ4n) is 2.66. The SMILES string of the molecule is ClCCN(CCCl)c1ccc(/C=N/Nc2cnc3ccccc3c2)cc1. The van der Waals surface area contributed by atoms with Gasteiger partial charge in [-0.15, -0.1) is 23.2 Å². The van der Waals surface area contributed by atoms with Crippen LogP contribution in [0.4, 0.5) is 11.4 Å². The highest BCUT2D eigenvalue weighted by Crippen LogP contribution is 2.17. The van der Waals surface area contributed by atoms with Crippen molar-refractivity contribution in [1.29, 1.82) is 0 Å². The van der Waals surface area contributed by atoms with E-state index in [0.29, 0.717) is 11.8 Å². The third-order valence-electron chi connectivity index (χ3n) is 3.96. The van der Waals surface area contributed by atoms with Crippen molar-refractivity contribution in [2.24, 2.45) is 5.10 Å². The van der Waals surface area contributed by atoms with Crippen molar-refractivity contribution in [1.82, 2.24) is 4.98 Å². The lowest BCUT2D eigenvalue weighted by Gasteiger charge is -2.22. The molecule has 0 bridgehead atoms. The number of hydrazone groups is 1. The summed E-state index contributed by atoms with van der Waals surface area (Å²) in [5, 5.41) is 5.37. The average Bonchev–Trinajstić information content (AvgIpc) is 2.68. The van der Waals surface area contributed by atoms with Crippen LogP contribution in [-0.2, 0) is 0 Å². The summed E-state index contributed by atoms with van der Waals surface area (Å²) in [4.78, 5) is 6.58. The number of anilines is 2. The largest absolute Gasteiger partial charge is 0.369 e. The highest BCUT2D eigenvalue weighted by molar-refractivity contribution is 6.18. The number of nitrogens with zero attached hydrogens (tertiary/aromatic N) is 3. The number of hydrogen-bond donors (Lipinski definition) is 1. The van der Waals surface area contributed by atoms with Gasteiger partial charge >= 0.3 is 0 Å². The van der Waals surface area contributed by atoms with Crippen LogP contribution < -0.4 is 10.3 Å². The maximum atomic E-state index is 5.86. The highest BCUT2D eigenvalue weighted by Gasteiger charge is 2.04. The minimum Gasteiger partial charge on any atom is -0.369 e. The molecule has 2 aromatic carbocycles.